The Hall–Kier alpha value is -0.350. The molecule has 1 aromatic rings. The zero-order chi connectivity index (χ0) is 12.2. The average molecular weight is 269 g/mol. The molecule has 0 amide bonds. The first kappa shape index (κ1) is 13.7. The molecular formula is C11H12ClF3S. The first-order chi connectivity index (χ1) is 7.40. The summed E-state index contributed by atoms with van der Waals surface area (Å²) in [7, 11) is 0. The Morgan fingerprint density at radius 1 is 1.38 bits per heavy atom. The number of halogens is 4. The van der Waals surface area contributed by atoms with E-state index in [1.807, 2.05) is 0 Å². The van der Waals surface area contributed by atoms with Crippen molar-refractivity contribution in [1.82, 2.24) is 0 Å². The number of thioether (sulfide) groups is 1. The maximum atomic E-state index is 12.2. The molecule has 0 saturated heterocycles. The Morgan fingerprint density at radius 2 is 2.06 bits per heavy atom. The third-order valence-corrected chi connectivity index (χ3v) is 3.44. The van der Waals surface area contributed by atoms with Crippen molar-refractivity contribution >= 4 is 23.4 Å². The Labute approximate surface area is 102 Å². The molecule has 0 spiro atoms. The first-order valence-electron chi connectivity index (χ1n) is 4.89. The molecule has 0 aliphatic carbocycles. The molecule has 0 nitrogen and oxygen atoms in total. The fourth-order valence-electron chi connectivity index (χ4n) is 1.39. The molecule has 5 heteroatoms. The fraction of sp³-hybridized carbons (Fsp3) is 0.455. The van der Waals surface area contributed by atoms with Gasteiger partial charge in [-0.1, -0.05) is 30.7 Å². The predicted octanol–water partition coefficient (Wildman–Crippen LogP) is 4.91. The van der Waals surface area contributed by atoms with Gasteiger partial charge in [-0.15, -0.1) is 0 Å². The topological polar surface area (TPSA) is 0 Å². The number of hydrogen-bond donors (Lipinski definition) is 0. The molecule has 1 unspecified atom stereocenters. The van der Waals surface area contributed by atoms with Crippen LogP contribution in [0, 0.1) is 0 Å². The van der Waals surface area contributed by atoms with Gasteiger partial charge in [-0.2, -0.15) is 13.2 Å². The molecular weight excluding hydrogens is 257 g/mol. The van der Waals surface area contributed by atoms with Crippen molar-refractivity contribution in [3.05, 3.63) is 34.9 Å². The molecule has 1 rings (SSSR count). The van der Waals surface area contributed by atoms with Gasteiger partial charge in [0.05, 0.1) is 0 Å². The van der Waals surface area contributed by atoms with E-state index in [1.165, 1.54) is 0 Å². The van der Waals surface area contributed by atoms with Crippen molar-refractivity contribution in [1.29, 1.82) is 0 Å². The summed E-state index contributed by atoms with van der Waals surface area (Å²) in [6.45, 7) is 1.76. The second-order valence-corrected chi connectivity index (χ2v) is 5.23. The van der Waals surface area contributed by atoms with Gasteiger partial charge in [-0.25, -0.2) is 0 Å². The van der Waals surface area contributed by atoms with Gasteiger partial charge in [-0.05, 0) is 42.3 Å². The minimum absolute atomic E-state index is 0.0595. The van der Waals surface area contributed by atoms with Crippen molar-refractivity contribution in [3.8, 4) is 0 Å². The summed E-state index contributed by atoms with van der Waals surface area (Å²) >= 11 is 5.84. The smallest absolute Gasteiger partial charge is 0.160 e. The SMILES string of the molecule is CCC(Cc1cccc(Cl)c1)SC(F)(F)F. The highest BCUT2D eigenvalue weighted by Gasteiger charge is 2.32. The summed E-state index contributed by atoms with van der Waals surface area (Å²) in [5.74, 6) is 0. The van der Waals surface area contributed by atoms with E-state index in [1.54, 1.807) is 31.2 Å². The number of hydrogen-bond acceptors (Lipinski definition) is 1. The Balaban J connectivity index is 2.63. The minimum Gasteiger partial charge on any atom is -0.160 e. The average Bonchev–Trinajstić information content (AvgIpc) is 2.14. The van der Waals surface area contributed by atoms with Crippen LogP contribution in [0.4, 0.5) is 13.2 Å². The lowest BCUT2D eigenvalue weighted by Gasteiger charge is -2.16. The second kappa shape index (κ2) is 5.82. The van der Waals surface area contributed by atoms with Crippen molar-refractivity contribution in [2.24, 2.45) is 0 Å². The van der Waals surface area contributed by atoms with Crippen molar-refractivity contribution in [3.63, 3.8) is 0 Å². The third kappa shape index (κ3) is 5.12. The lowest BCUT2D eigenvalue weighted by molar-refractivity contribution is -0.0334. The van der Waals surface area contributed by atoms with E-state index in [2.05, 4.69) is 0 Å². The first-order valence-corrected chi connectivity index (χ1v) is 6.15. The monoisotopic (exact) mass is 268 g/mol. The van der Waals surface area contributed by atoms with Gasteiger partial charge in [0.1, 0.15) is 0 Å². The number of alkyl halides is 3. The molecule has 0 heterocycles. The van der Waals surface area contributed by atoms with Crippen LogP contribution >= 0.6 is 23.4 Å². The standard InChI is InChI=1S/C11H12ClF3S/c1-2-10(16-11(13,14)15)7-8-4-3-5-9(12)6-8/h3-6,10H,2,7H2,1H3. The summed E-state index contributed by atoms with van der Waals surface area (Å²) in [6.07, 6.45) is 0.873. The van der Waals surface area contributed by atoms with Crippen molar-refractivity contribution in [2.45, 2.75) is 30.5 Å². The van der Waals surface area contributed by atoms with Gasteiger partial charge in [0.2, 0.25) is 0 Å². The van der Waals surface area contributed by atoms with Crippen LogP contribution in [0.5, 0.6) is 0 Å². The number of rotatable bonds is 4. The molecule has 1 aromatic carbocycles. The van der Waals surface area contributed by atoms with Crippen LogP contribution in [-0.2, 0) is 6.42 Å². The molecule has 90 valence electrons. The summed E-state index contributed by atoms with van der Waals surface area (Å²) in [6, 6.07) is 6.97. The van der Waals surface area contributed by atoms with Crippen LogP contribution < -0.4 is 0 Å². The van der Waals surface area contributed by atoms with Crippen molar-refractivity contribution < 1.29 is 13.2 Å². The van der Waals surface area contributed by atoms with E-state index in [0.29, 0.717) is 17.9 Å². The molecule has 0 N–H and O–H groups in total. The normalized spacial score (nSPS) is 13.8. The van der Waals surface area contributed by atoms with Crippen LogP contribution in [0.1, 0.15) is 18.9 Å². The van der Waals surface area contributed by atoms with E-state index in [4.69, 9.17) is 11.6 Å². The van der Waals surface area contributed by atoms with Gasteiger partial charge in [0.25, 0.3) is 0 Å². The van der Waals surface area contributed by atoms with E-state index in [0.717, 1.165) is 5.56 Å². The van der Waals surface area contributed by atoms with E-state index in [-0.39, 0.29) is 11.8 Å². The molecule has 0 aromatic heterocycles. The van der Waals surface area contributed by atoms with E-state index >= 15 is 0 Å². The van der Waals surface area contributed by atoms with E-state index < -0.39 is 10.8 Å². The van der Waals surface area contributed by atoms with Gasteiger partial charge in [-0.3, -0.25) is 0 Å². The Morgan fingerprint density at radius 3 is 2.56 bits per heavy atom. The molecule has 1 atom stereocenters. The van der Waals surface area contributed by atoms with Crippen LogP contribution in [0.3, 0.4) is 0 Å². The predicted molar refractivity (Wildman–Crippen MR) is 62.9 cm³/mol. The lowest BCUT2D eigenvalue weighted by atomic mass is 10.1. The molecule has 0 fully saturated rings. The van der Waals surface area contributed by atoms with Gasteiger partial charge < -0.3 is 0 Å². The maximum absolute atomic E-state index is 12.2. The highest BCUT2D eigenvalue weighted by Crippen LogP contribution is 2.36. The lowest BCUT2D eigenvalue weighted by Crippen LogP contribution is -2.13. The highest BCUT2D eigenvalue weighted by atomic mass is 35.5. The van der Waals surface area contributed by atoms with Crippen LogP contribution in [0.25, 0.3) is 0 Å². The maximum Gasteiger partial charge on any atom is 0.442 e. The Bertz CT molecular complexity index is 338. The zero-order valence-electron chi connectivity index (χ0n) is 8.72. The molecule has 0 aliphatic heterocycles. The largest absolute Gasteiger partial charge is 0.442 e. The molecule has 0 aliphatic rings. The molecule has 0 radical (unpaired) electrons. The summed E-state index contributed by atoms with van der Waals surface area (Å²) in [5.41, 5.74) is -3.32. The van der Waals surface area contributed by atoms with E-state index in [9.17, 15) is 13.2 Å². The summed E-state index contributed by atoms with van der Waals surface area (Å²) in [5, 5.41) is 0.114. The minimum atomic E-state index is -4.17. The third-order valence-electron chi connectivity index (χ3n) is 2.11. The van der Waals surface area contributed by atoms with Gasteiger partial charge in [0, 0.05) is 10.3 Å². The van der Waals surface area contributed by atoms with Crippen LogP contribution in [0.2, 0.25) is 5.02 Å². The number of benzene rings is 1. The van der Waals surface area contributed by atoms with Crippen LogP contribution in [0.15, 0.2) is 24.3 Å². The van der Waals surface area contributed by atoms with Gasteiger partial charge in [0.15, 0.2) is 0 Å². The van der Waals surface area contributed by atoms with Crippen LogP contribution in [-0.4, -0.2) is 10.8 Å². The summed E-state index contributed by atoms with van der Waals surface area (Å²) < 4.78 is 36.6. The second-order valence-electron chi connectivity index (χ2n) is 3.43. The highest BCUT2D eigenvalue weighted by molar-refractivity contribution is 8.00. The molecule has 0 bridgehead atoms. The fourth-order valence-corrected chi connectivity index (χ4v) is 2.42. The quantitative estimate of drug-likeness (QED) is 0.747. The molecule has 16 heavy (non-hydrogen) atoms. The zero-order valence-corrected chi connectivity index (χ0v) is 10.3. The van der Waals surface area contributed by atoms with Crippen molar-refractivity contribution in [2.75, 3.05) is 0 Å². The summed E-state index contributed by atoms with van der Waals surface area (Å²) in [4.78, 5) is 0. The Kier molecular flexibility index (Phi) is 4.99. The molecule has 0 saturated carbocycles. The van der Waals surface area contributed by atoms with Gasteiger partial charge >= 0.3 is 5.51 Å².